The summed E-state index contributed by atoms with van der Waals surface area (Å²) < 4.78 is 5.50. The third kappa shape index (κ3) is 4.76. The summed E-state index contributed by atoms with van der Waals surface area (Å²) in [4.78, 5) is 14.3. The van der Waals surface area contributed by atoms with E-state index in [0.29, 0.717) is 18.0 Å². The Morgan fingerprint density at radius 1 is 1.21 bits per heavy atom. The van der Waals surface area contributed by atoms with Gasteiger partial charge in [0.2, 0.25) is 0 Å². The first-order valence-electron chi connectivity index (χ1n) is 8.96. The number of aromatic amines is 1. The van der Waals surface area contributed by atoms with E-state index in [-0.39, 0.29) is 5.91 Å². The van der Waals surface area contributed by atoms with Crippen molar-refractivity contribution in [2.75, 3.05) is 25.6 Å². The molecule has 2 N–H and O–H groups in total. The number of hydrazone groups is 1. The van der Waals surface area contributed by atoms with Crippen LogP contribution in [0.15, 0.2) is 59.7 Å². The maximum Gasteiger partial charge on any atom is 0.289 e. The van der Waals surface area contributed by atoms with E-state index in [4.69, 9.17) is 4.74 Å². The number of nitrogens with one attached hydrogen (secondary N) is 2. The second kappa shape index (κ2) is 8.85. The van der Waals surface area contributed by atoms with Crippen LogP contribution in [0.2, 0.25) is 0 Å². The molecular formula is C21H23N5O2. The number of aromatic nitrogens is 2. The quantitative estimate of drug-likeness (QED) is 0.489. The predicted octanol–water partition coefficient (Wildman–Crippen LogP) is 3.31. The molecule has 1 aromatic heterocycles. The molecule has 0 unspecified atom stereocenters. The van der Waals surface area contributed by atoms with E-state index in [1.54, 1.807) is 12.3 Å². The Hall–Kier alpha value is -3.61. The number of hydrogen-bond donors (Lipinski definition) is 2. The molecule has 0 aliphatic rings. The largest absolute Gasteiger partial charge is 0.494 e. The van der Waals surface area contributed by atoms with E-state index >= 15 is 0 Å². The Labute approximate surface area is 164 Å². The molecule has 2 aromatic carbocycles. The molecule has 0 fully saturated rings. The fourth-order valence-corrected chi connectivity index (χ4v) is 2.58. The van der Waals surface area contributed by atoms with Gasteiger partial charge in [-0.2, -0.15) is 10.2 Å². The van der Waals surface area contributed by atoms with Crippen LogP contribution < -0.4 is 15.1 Å². The Morgan fingerprint density at radius 3 is 2.71 bits per heavy atom. The first-order valence-corrected chi connectivity index (χ1v) is 8.96. The Bertz CT molecular complexity index is 961. The lowest BCUT2D eigenvalue weighted by molar-refractivity contribution is 0.0950. The molecule has 0 saturated heterocycles. The molecule has 0 aliphatic heterocycles. The van der Waals surface area contributed by atoms with Gasteiger partial charge in [-0.1, -0.05) is 24.3 Å². The lowest BCUT2D eigenvalue weighted by Gasteiger charge is -2.11. The van der Waals surface area contributed by atoms with Crippen LogP contribution in [0.25, 0.3) is 11.3 Å². The summed E-state index contributed by atoms with van der Waals surface area (Å²) in [6, 6.07) is 17.1. The van der Waals surface area contributed by atoms with Crippen LogP contribution in [-0.4, -0.2) is 43.0 Å². The number of nitrogens with zero attached hydrogens (tertiary/aromatic N) is 3. The molecule has 0 spiro atoms. The van der Waals surface area contributed by atoms with Gasteiger partial charge in [0.15, 0.2) is 0 Å². The molecule has 3 aromatic rings. The fraction of sp³-hybridized carbons (Fsp3) is 0.190. The van der Waals surface area contributed by atoms with E-state index in [1.165, 1.54) is 0 Å². The summed E-state index contributed by atoms with van der Waals surface area (Å²) in [7, 11) is 3.96. The summed E-state index contributed by atoms with van der Waals surface area (Å²) in [5.41, 5.74) is 6.35. The van der Waals surface area contributed by atoms with Gasteiger partial charge < -0.3 is 9.64 Å². The average molecular weight is 377 g/mol. The van der Waals surface area contributed by atoms with Crippen LogP contribution in [0.1, 0.15) is 23.0 Å². The predicted molar refractivity (Wildman–Crippen MR) is 111 cm³/mol. The topological polar surface area (TPSA) is 82.6 Å². The number of carbonyl (C=O) groups is 1. The molecular weight excluding hydrogens is 354 g/mol. The molecule has 0 bridgehead atoms. The molecule has 3 rings (SSSR count). The monoisotopic (exact) mass is 377 g/mol. The number of amides is 1. The number of hydrogen-bond acceptors (Lipinski definition) is 5. The number of benzene rings is 2. The van der Waals surface area contributed by atoms with Crippen molar-refractivity contribution in [1.29, 1.82) is 0 Å². The third-order valence-electron chi connectivity index (χ3n) is 4.05. The van der Waals surface area contributed by atoms with Gasteiger partial charge in [0.1, 0.15) is 11.4 Å². The fourth-order valence-electron chi connectivity index (χ4n) is 2.58. The van der Waals surface area contributed by atoms with Crippen molar-refractivity contribution in [2.45, 2.75) is 6.92 Å². The third-order valence-corrected chi connectivity index (χ3v) is 4.05. The summed E-state index contributed by atoms with van der Waals surface area (Å²) in [5, 5.41) is 11.0. The van der Waals surface area contributed by atoms with Gasteiger partial charge in [-0.3, -0.25) is 9.89 Å². The summed E-state index contributed by atoms with van der Waals surface area (Å²) in [5.74, 6) is 0.403. The van der Waals surface area contributed by atoms with Crippen LogP contribution in [0.4, 0.5) is 5.69 Å². The van der Waals surface area contributed by atoms with Crippen molar-refractivity contribution in [1.82, 2.24) is 15.6 Å². The van der Waals surface area contributed by atoms with Gasteiger partial charge in [-0.05, 0) is 42.8 Å². The molecule has 0 saturated carbocycles. The first kappa shape index (κ1) is 19.2. The lowest BCUT2D eigenvalue weighted by atomic mass is 10.1. The van der Waals surface area contributed by atoms with Crippen molar-refractivity contribution < 1.29 is 9.53 Å². The van der Waals surface area contributed by atoms with E-state index in [9.17, 15) is 4.79 Å². The number of H-pyrrole nitrogens is 1. The van der Waals surface area contributed by atoms with Crippen molar-refractivity contribution in [3.8, 4) is 17.0 Å². The molecule has 7 heteroatoms. The Kier molecular flexibility index (Phi) is 6.06. The van der Waals surface area contributed by atoms with E-state index in [1.807, 2.05) is 74.4 Å². The molecule has 144 valence electrons. The van der Waals surface area contributed by atoms with Crippen molar-refractivity contribution in [3.63, 3.8) is 0 Å². The van der Waals surface area contributed by atoms with E-state index in [2.05, 4.69) is 20.7 Å². The summed E-state index contributed by atoms with van der Waals surface area (Å²) >= 11 is 0. The van der Waals surface area contributed by atoms with Gasteiger partial charge in [0.05, 0.1) is 18.5 Å². The van der Waals surface area contributed by atoms with E-state index in [0.717, 1.165) is 22.6 Å². The van der Waals surface area contributed by atoms with Crippen molar-refractivity contribution >= 4 is 17.8 Å². The summed E-state index contributed by atoms with van der Waals surface area (Å²) in [6.45, 7) is 2.52. The second-order valence-corrected chi connectivity index (χ2v) is 6.31. The number of anilines is 1. The number of rotatable bonds is 7. The minimum atomic E-state index is -0.360. The van der Waals surface area contributed by atoms with Crippen LogP contribution in [0.5, 0.6) is 5.75 Å². The highest BCUT2D eigenvalue weighted by molar-refractivity contribution is 5.94. The van der Waals surface area contributed by atoms with Crippen LogP contribution in [-0.2, 0) is 0 Å². The molecule has 1 amide bonds. The van der Waals surface area contributed by atoms with Crippen LogP contribution in [0.3, 0.4) is 0 Å². The standard InChI is InChI=1S/C21H23N5O2/c1-4-28-18-7-5-6-16(12-18)19-13-20(24-23-19)21(27)25-22-14-15-8-10-17(11-9-15)26(2)3/h5-14H,4H2,1-3H3,(H,23,24)(H,25,27)/b22-14-. The maximum atomic E-state index is 12.3. The van der Waals surface area contributed by atoms with Gasteiger partial charge in [0, 0.05) is 25.3 Å². The minimum absolute atomic E-state index is 0.330. The van der Waals surface area contributed by atoms with Gasteiger partial charge in [-0.15, -0.1) is 0 Å². The molecule has 1 heterocycles. The highest BCUT2D eigenvalue weighted by Crippen LogP contribution is 2.22. The molecule has 7 nitrogen and oxygen atoms in total. The van der Waals surface area contributed by atoms with Gasteiger partial charge >= 0.3 is 0 Å². The van der Waals surface area contributed by atoms with Crippen molar-refractivity contribution in [2.24, 2.45) is 5.10 Å². The van der Waals surface area contributed by atoms with Crippen LogP contribution >= 0.6 is 0 Å². The Balaban J connectivity index is 1.63. The SMILES string of the molecule is CCOc1cccc(-c2cc(C(=O)N/N=C\c3ccc(N(C)C)cc3)[nH]n2)c1. The zero-order valence-corrected chi connectivity index (χ0v) is 16.1. The van der Waals surface area contributed by atoms with Gasteiger partial charge in [0.25, 0.3) is 5.91 Å². The normalized spacial score (nSPS) is 10.8. The van der Waals surface area contributed by atoms with Crippen molar-refractivity contribution in [3.05, 3.63) is 65.9 Å². The maximum absolute atomic E-state index is 12.3. The number of carbonyl (C=O) groups excluding carboxylic acids is 1. The van der Waals surface area contributed by atoms with Gasteiger partial charge in [-0.25, -0.2) is 5.43 Å². The zero-order valence-electron chi connectivity index (χ0n) is 16.1. The first-order chi connectivity index (χ1) is 13.6. The second-order valence-electron chi connectivity index (χ2n) is 6.31. The molecule has 0 aliphatic carbocycles. The lowest BCUT2D eigenvalue weighted by Crippen LogP contribution is -2.18. The number of ether oxygens (including phenoxy) is 1. The average Bonchev–Trinajstić information content (AvgIpc) is 3.19. The van der Waals surface area contributed by atoms with E-state index < -0.39 is 0 Å². The highest BCUT2D eigenvalue weighted by Gasteiger charge is 2.11. The molecule has 0 atom stereocenters. The molecule has 28 heavy (non-hydrogen) atoms. The smallest absolute Gasteiger partial charge is 0.289 e. The highest BCUT2D eigenvalue weighted by atomic mass is 16.5. The molecule has 0 radical (unpaired) electrons. The summed E-state index contributed by atoms with van der Waals surface area (Å²) in [6.07, 6.45) is 1.60. The Morgan fingerprint density at radius 2 is 2.00 bits per heavy atom. The minimum Gasteiger partial charge on any atom is -0.494 e. The van der Waals surface area contributed by atoms with Crippen LogP contribution in [0, 0.1) is 0 Å². The zero-order chi connectivity index (χ0) is 19.9.